The molecule has 0 unspecified atom stereocenters. The smallest absolute Gasteiger partial charge is 0.374 e. The fraction of sp³-hybridized carbons (Fsp3) is 0.292. The summed E-state index contributed by atoms with van der Waals surface area (Å²) in [4.78, 5) is 40.0. The molecule has 3 aromatic rings. The number of carbonyl (C=O) groups is 3. The molecule has 1 aromatic heterocycles. The second-order valence-corrected chi connectivity index (χ2v) is 7.93. The van der Waals surface area contributed by atoms with Crippen LogP contribution in [0.4, 0.5) is 4.79 Å². The lowest BCUT2D eigenvalue weighted by Gasteiger charge is -2.25. The number of amides is 3. The summed E-state index contributed by atoms with van der Waals surface area (Å²) in [5.41, 5.74) is 0.141. The zero-order valence-electron chi connectivity index (χ0n) is 18.2. The van der Waals surface area contributed by atoms with Gasteiger partial charge in [0.05, 0.1) is 13.2 Å². The highest BCUT2D eigenvalue weighted by molar-refractivity contribution is 6.08. The molecular formula is C24H22N2O7. The highest BCUT2D eigenvalue weighted by Gasteiger charge is 2.49. The van der Waals surface area contributed by atoms with Crippen molar-refractivity contribution in [3.05, 3.63) is 59.4 Å². The summed E-state index contributed by atoms with van der Waals surface area (Å²) in [6, 6.07) is 11.6. The Labute approximate surface area is 189 Å². The van der Waals surface area contributed by atoms with Crippen molar-refractivity contribution >= 4 is 28.9 Å². The lowest BCUT2D eigenvalue weighted by molar-refractivity contribution is -0.131. The molecule has 1 N–H and O–H groups in total. The van der Waals surface area contributed by atoms with Crippen LogP contribution in [0.1, 0.15) is 35.5 Å². The molecule has 2 aromatic carbocycles. The second-order valence-electron chi connectivity index (χ2n) is 7.93. The molecule has 1 saturated heterocycles. The highest BCUT2D eigenvalue weighted by atomic mass is 16.6. The largest absolute Gasteiger partial charge is 0.486 e. The Hall–Kier alpha value is -4.01. The first-order valence-electron chi connectivity index (χ1n) is 10.6. The first-order valence-corrected chi connectivity index (χ1v) is 10.6. The van der Waals surface area contributed by atoms with E-state index < -0.39 is 23.4 Å². The van der Waals surface area contributed by atoms with Crippen LogP contribution in [-0.4, -0.2) is 42.6 Å². The first kappa shape index (κ1) is 20.9. The van der Waals surface area contributed by atoms with Crippen molar-refractivity contribution in [3.63, 3.8) is 0 Å². The molecule has 0 aliphatic carbocycles. The van der Waals surface area contributed by atoms with E-state index >= 15 is 0 Å². The van der Waals surface area contributed by atoms with Gasteiger partial charge in [-0.05, 0) is 37.6 Å². The third-order valence-electron chi connectivity index (χ3n) is 5.87. The van der Waals surface area contributed by atoms with E-state index in [9.17, 15) is 14.4 Å². The third-order valence-corrected chi connectivity index (χ3v) is 5.87. The van der Waals surface area contributed by atoms with Crippen LogP contribution < -0.4 is 14.8 Å². The van der Waals surface area contributed by atoms with Gasteiger partial charge in [-0.1, -0.05) is 24.3 Å². The molecule has 0 bridgehead atoms. The van der Waals surface area contributed by atoms with Crippen molar-refractivity contribution in [1.82, 2.24) is 10.2 Å². The van der Waals surface area contributed by atoms with Gasteiger partial charge in [0.2, 0.25) is 5.76 Å². The number of nitrogens with one attached hydrogen (secondary N) is 1. The zero-order valence-corrected chi connectivity index (χ0v) is 18.2. The maximum Gasteiger partial charge on any atom is 0.374 e. The summed E-state index contributed by atoms with van der Waals surface area (Å²) in [5, 5.41) is 3.42. The van der Waals surface area contributed by atoms with Gasteiger partial charge in [-0.15, -0.1) is 0 Å². The van der Waals surface area contributed by atoms with Crippen LogP contribution in [0, 0.1) is 0 Å². The Bertz CT molecular complexity index is 1280. The molecule has 170 valence electrons. The fourth-order valence-electron chi connectivity index (χ4n) is 4.17. The number of carbonyl (C=O) groups excluding carboxylic acids is 3. The molecule has 1 atom stereocenters. The molecule has 0 saturated carbocycles. The number of esters is 1. The minimum Gasteiger partial charge on any atom is -0.486 e. The quantitative estimate of drug-likeness (QED) is 0.469. The maximum absolute atomic E-state index is 13.5. The van der Waals surface area contributed by atoms with Crippen molar-refractivity contribution in [3.8, 4) is 11.5 Å². The summed E-state index contributed by atoms with van der Waals surface area (Å²) < 4.78 is 22.0. The maximum atomic E-state index is 13.5. The molecule has 2 aliphatic heterocycles. The van der Waals surface area contributed by atoms with Gasteiger partial charge in [0.1, 0.15) is 24.3 Å². The molecule has 3 heterocycles. The second kappa shape index (κ2) is 7.84. The zero-order chi connectivity index (χ0) is 23.2. The average molecular weight is 450 g/mol. The number of nitrogens with zero attached hydrogens (tertiary/aromatic N) is 1. The summed E-state index contributed by atoms with van der Waals surface area (Å²) >= 11 is 0. The van der Waals surface area contributed by atoms with Crippen LogP contribution in [0.3, 0.4) is 0 Å². The molecule has 1 fully saturated rings. The average Bonchev–Trinajstić information content (AvgIpc) is 3.30. The summed E-state index contributed by atoms with van der Waals surface area (Å²) in [5.74, 6) is -0.0155. The minimum absolute atomic E-state index is 0.0217. The number of ether oxygens (including phenoxy) is 3. The highest BCUT2D eigenvalue weighted by Crippen LogP contribution is 2.38. The summed E-state index contributed by atoms with van der Waals surface area (Å²) in [6.07, 6.45) is 0. The molecule has 33 heavy (non-hydrogen) atoms. The number of para-hydroxylation sites is 1. The van der Waals surface area contributed by atoms with Crippen LogP contribution >= 0.6 is 0 Å². The lowest BCUT2D eigenvalue weighted by Crippen LogP contribution is -2.41. The van der Waals surface area contributed by atoms with E-state index in [2.05, 4.69) is 5.32 Å². The molecule has 2 aliphatic rings. The van der Waals surface area contributed by atoms with Crippen molar-refractivity contribution < 1.29 is 33.0 Å². The first-order chi connectivity index (χ1) is 15.9. The number of benzene rings is 2. The fourth-order valence-corrected chi connectivity index (χ4v) is 4.17. The van der Waals surface area contributed by atoms with Crippen molar-refractivity contribution in [1.29, 1.82) is 0 Å². The Kier molecular flexibility index (Phi) is 4.96. The van der Waals surface area contributed by atoms with Gasteiger partial charge in [0, 0.05) is 10.9 Å². The standard InChI is InChI=1S/C24H22N2O7/c1-3-30-21(27)20-16(15-6-4-5-7-17(15)33-20)13-26-22(28)24(2,25-23(26)29)14-8-9-18-19(12-14)32-11-10-31-18/h4-9,12H,3,10-11,13H2,1-2H3,(H,25,29)/t24-/m0/s1. The van der Waals surface area contributed by atoms with Crippen LogP contribution in [0.2, 0.25) is 0 Å². The number of furan rings is 1. The number of rotatable bonds is 5. The Balaban J connectivity index is 1.50. The summed E-state index contributed by atoms with van der Waals surface area (Å²) in [6.45, 7) is 4.21. The van der Waals surface area contributed by atoms with Crippen molar-refractivity contribution in [2.75, 3.05) is 19.8 Å². The molecule has 5 rings (SSSR count). The number of imide groups is 1. The van der Waals surface area contributed by atoms with E-state index in [0.717, 1.165) is 4.90 Å². The third kappa shape index (κ3) is 3.36. The molecule has 0 radical (unpaired) electrons. The van der Waals surface area contributed by atoms with E-state index in [0.29, 0.717) is 46.8 Å². The normalized spacial score (nSPS) is 19.6. The predicted molar refractivity (Wildman–Crippen MR) is 116 cm³/mol. The monoisotopic (exact) mass is 450 g/mol. The van der Waals surface area contributed by atoms with Crippen LogP contribution in [0.15, 0.2) is 46.9 Å². The van der Waals surface area contributed by atoms with E-state index in [4.69, 9.17) is 18.6 Å². The van der Waals surface area contributed by atoms with Crippen molar-refractivity contribution in [2.45, 2.75) is 25.9 Å². The van der Waals surface area contributed by atoms with Gasteiger partial charge in [0.15, 0.2) is 11.5 Å². The molecule has 9 heteroatoms. The molecule has 9 nitrogen and oxygen atoms in total. The number of hydrogen-bond donors (Lipinski definition) is 1. The Morgan fingerprint density at radius 3 is 2.67 bits per heavy atom. The van der Waals surface area contributed by atoms with Crippen LogP contribution in [0.25, 0.3) is 11.0 Å². The van der Waals surface area contributed by atoms with E-state index in [1.807, 2.05) is 0 Å². The van der Waals surface area contributed by atoms with Gasteiger partial charge in [-0.25, -0.2) is 9.59 Å². The van der Waals surface area contributed by atoms with Gasteiger partial charge in [-0.3, -0.25) is 9.69 Å². The lowest BCUT2D eigenvalue weighted by atomic mass is 9.91. The molecule has 3 amide bonds. The SMILES string of the molecule is CCOC(=O)c1oc2ccccc2c1CN1C(=O)N[C@@](C)(c2ccc3c(c2)OCCO3)C1=O. The number of fused-ring (bicyclic) bond motifs is 2. The van der Waals surface area contributed by atoms with E-state index in [-0.39, 0.29) is 18.9 Å². The van der Waals surface area contributed by atoms with E-state index in [1.165, 1.54) is 0 Å². The van der Waals surface area contributed by atoms with Gasteiger partial charge < -0.3 is 23.9 Å². The number of urea groups is 1. The van der Waals surface area contributed by atoms with Gasteiger partial charge in [0.25, 0.3) is 5.91 Å². The minimum atomic E-state index is -1.31. The Morgan fingerprint density at radius 2 is 1.88 bits per heavy atom. The van der Waals surface area contributed by atoms with Gasteiger partial charge in [-0.2, -0.15) is 0 Å². The molecule has 0 spiro atoms. The van der Waals surface area contributed by atoms with Crippen molar-refractivity contribution in [2.24, 2.45) is 0 Å². The summed E-state index contributed by atoms with van der Waals surface area (Å²) in [7, 11) is 0. The molecular weight excluding hydrogens is 428 g/mol. The number of hydrogen-bond acceptors (Lipinski definition) is 7. The topological polar surface area (TPSA) is 107 Å². The van der Waals surface area contributed by atoms with E-state index in [1.54, 1.807) is 56.3 Å². The van der Waals surface area contributed by atoms with Gasteiger partial charge >= 0.3 is 12.0 Å². The van der Waals surface area contributed by atoms with Crippen LogP contribution in [0.5, 0.6) is 11.5 Å². The van der Waals surface area contributed by atoms with Crippen LogP contribution in [-0.2, 0) is 21.6 Å². The Morgan fingerprint density at radius 1 is 1.12 bits per heavy atom. The predicted octanol–water partition coefficient (Wildman–Crippen LogP) is 3.35.